The number of hydrogen-bond acceptors (Lipinski definition) is 2. The summed E-state index contributed by atoms with van der Waals surface area (Å²) >= 11 is 0. The van der Waals surface area contributed by atoms with Gasteiger partial charge in [-0.3, -0.25) is 0 Å². The first-order valence-electron chi connectivity index (χ1n) is 23.2. The summed E-state index contributed by atoms with van der Waals surface area (Å²) in [6, 6.07) is 39.8. The molecular weight excluding hydrogens is 737 g/mol. The van der Waals surface area contributed by atoms with Crippen LogP contribution in [0.5, 0.6) is 0 Å². The van der Waals surface area contributed by atoms with Crippen LogP contribution in [-0.2, 0) is 18.3 Å². The Bertz CT molecular complexity index is 2540. The molecule has 6 aromatic carbocycles. The first kappa shape index (κ1) is 43.7. The van der Waals surface area contributed by atoms with Gasteiger partial charge in [-0.1, -0.05) is 147 Å². The Morgan fingerprint density at radius 1 is 0.672 bits per heavy atom. The van der Waals surface area contributed by atoms with E-state index in [2.05, 4.69) is 207 Å². The maximum atomic E-state index is 4.65. The fourth-order valence-electron chi connectivity index (χ4n) is 9.56. The van der Waals surface area contributed by atoms with Crippen molar-refractivity contribution in [3.8, 4) is 0 Å². The van der Waals surface area contributed by atoms with Crippen LogP contribution >= 0.6 is 0 Å². The minimum absolute atomic E-state index is 0.0653. The van der Waals surface area contributed by atoms with Crippen molar-refractivity contribution in [2.75, 3.05) is 9.80 Å². The normalized spacial score (nSPS) is 13.7. The van der Waals surface area contributed by atoms with E-state index in [0.29, 0.717) is 5.92 Å². The van der Waals surface area contributed by atoms with Crippen LogP contribution in [0.15, 0.2) is 116 Å². The molecule has 316 valence electrons. The van der Waals surface area contributed by atoms with Crippen molar-refractivity contribution in [3.63, 3.8) is 0 Å². The van der Waals surface area contributed by atoms with Gasteiger partial charge < -0.3 is 9.80 Å². The van der Waals surface area contributed by atoms with E-state index in [0.717, 1.165) is 46.9 Å². The van der Waals surface area contributed by atoms with Gasteiger partial charge in [-0.05, 0) is 158 Å². The topological polar surface area (TPSA) is 6.48 Å². The highest BCUT2D eigenvalue weighted by molar-refractivity contribution is 6.14. The third-order valence-corrected chi connectivity index (χ3v) is 13.4. The van der Waals surface area contributed by atoms with E-state index in [1.165, 1.54) is 105 Å². The Morgan fingerprint density at radius 3 is 1.95 bits per heavy atom. The second-order valence-corrected chi connectivity index (χ2v) is 19.1. The fraction of sp³-hybridized carbons (Fsp3) is 0.356. The standard InChI is InChI=1S/C59H70N2/c1-12-20-54-53(14-3)57(61(51-32-27-41(6)43(8)35-51)50-26-19-24-47(38-50)40(4)5)56-39-48(59(9,10)11)31-34-55(56)58(54)60(52-33-28-42(7)46(13-2)37-52)49-25-18-23-45(36-49)30-29-44-21-16-15-17-22-44/h12,14,18-20,23-28,31-40,44H,3,13,15-17,21-22,29-30H2,1-2,4-11H3/b20-12-. The largest absolute Gasteiger partial charge is 0.309 e. The van der Waals surface area contributed by atoms with Gasteiger partial charge in [0.05, 0.1) is 11.4 Å². The molecule has 0 saturated heterocycles. The van der Waals surface area contributed by atoms with Crippen LogP contribution in [0.25, 0.3) is 22.9 Å². The number of fused-ring (bicyclic) bond motifs is 1. The molecule has 0 radical (unpaired) electrons. The van der Waals surface area contributed by atoms with Gasteiger partial charge in [0.2, 0.25) is 0 Å². The Kier molecular flexibility index (Phi) is 13.4. The summed E-state index contributed by atoms with van der Waals surface area (Å²) in [5.74, 6) is 1.23. The van der Waals surface area contributed by atoms with E-state index in [-0.39, 0.29) is 5.41 Å². The molecule has 0 heterocycles. The van der Waals surface area contributed by atoms with Crippen molar-refractivity contribution in [2.45, 2.75) is 132 Å². The second-order valence-electron chi connectivity index (χ2n) is 19.1. The Balaban J connectivity index is 1.60. The molecule has 0 amide bonds. The van der Waals surface area contributed by atoms with Crippen LogP contribution in [-0.4, -0.2) is 0 Å². The van der Waals surface area contributed by atoms with Crippen LogP contribution in [0.3, 0.4) is 0 Å². The van der Waals surface area contributed by atoms with E-state index in [1.54, 1.807) is 0 Å². The second kappa shape index (κ2) is 18.7. The smallest absolute Gasteiger partial charge is 0.0619 e. The summed E-state index contributed by atoms with van der Waals surface area (Å²) in [6.07, 6.45) is 16.9. The van der Waals surface area contributed by atoms with E-state index in [1.807, 2.05) is 0 Å². The van der Waals surface area contributed by atoms with Gasteiger partial charge in [0.25, 0.3) is 0 Å². The van der Waals surface area contributed by atoms with Crippen molar-refractivity contribution >= 4 is 57.0 Å². The lowest BCUT2D eigenvalue weighted by Gasteiger charge is -2.35. The van der Waals surface area contributed by atoms with Gasteiger partial charge >= 0.3 is 0 Å². The number of allylic oxidation sites excluding steroid dienone is 1. The van der Waals surface area contributed by atoms with Crippen molar-refractivity contribution in [1.82, 2.24) is 0 Å². The highest BCUT2D eigenvalue weighted by Gasteiger charge is 2.29. The van der Waals surface area contributed by atoms with Crippen molar-refractivity contribution in [1.29, 1.82) is 0 Å². The quantitative estimate of drug-likeness (QED) is 0.115. The molecule has 0 aromatic heterocycles. The van der Waals surface area contributed by atoms with E-state index < -0.39 is 0 Å². The predicted octanol–water partition coefficient (Wildman–Crippen LogP) is 17.9. The van der Waals surface area contributed by atoms with Crippen LogP contribution in [0.2, 0.25) is 0 Å². The van der Waals surface area contributed by atoms with Crippen LogP contribution in [0.1, 0.15) is 143 Å². The maximum Gasteiger partial charge on any atom is 0.0619 e. The fourth-order valence-corrected chi connectivity index (χ4v) is 9.56. The van der Waals surface area contributed by atoms with Crippen molar-refractivity contribution < 1.29 is 0 Å². The zero-order chi connectivity index (χ0) is 43.4. The Morgan fingerprint density at radius 2 is 1.31 bits per heavy atom. The van der Waals surface area contributed by atoms with Crippen LogP contribution in [0, 0.1) is 26.7 Å². The third-order valence-electron chi connectivity index (χ3n) is 13.4. The zero-order valence-corrected chi connectivity index (χ0v) is 39.0. The molecule has 0 bridgehead atoms. The van der Waals surface area contributed by atoms with Gasteiger partial charge in [-0.15, -0.1) is 0 Å². The van der Waals surface area contributed by atoms with Crippen LogP contribution < -0.4 is 9.80 Å². The molecule has 0 atom stereocenters. The average molecular weight is 807 g/mol. The minimum atomic E-state index is -0.0653. The highest BCUT2D eigenvalue weighted by Crippen LogP contribution is 2.52. The lowest BCUT2D eigenvalue weighted by Crippen LogP contribution is -2.18. The third kappa shape index (κ3) is 9.30. The molecule has 7 rings (SSSR count). The summed E-state index contributed by atoms with van der Waals surface area (Å²) < 4.78 is 0. The summed E-state index contributed by atoms with van der Waals surface area (Å²) in [5, 5.41) is 2.42. The summed E-state index contributed by atoms with van der Waals surface area (Å²) in [4.78, 5) is 5.08. The SMILES string of the molecule is C=Cc1c(/C=C\C)c(N(c2cccc(CCC3CCCCC3)c2)c2ccc(C)c(CC)c2)c2ccc(C(C)(C)C)cc2c1N(c1cccc(C(C)C)c1)c1ccc(C)c(C)c1. The van der Waals surface area contributed by atoms with E-state index in [4.69, 9.17) is 0 Å². The number of anilines is 6. The molecule has 1 aliphatic rings. The van der Waals surface area contributed by atoms with E-state index >= 15 is 0 Å². The number of hydrogen-bond donors (Lipinski definition) is 0. The highest BCUT2D eigenvalue weighted by atomic mass is 15.2. The summed E-state index contributed by atoms with van der Waals surface area (Å²) in [7, 11) is 0. The number of rotatable bonds is 13. The first-order valence-corrected chi connectivity index (χ1v) is 23.2. The van der Waals surface area contributed by atoms with Gasteiger partial charge in [0.15, 0.2) is 0 Å². The lowest BCUT2D eigenvalue weighted by atomic mass is 9.83. The van der Waals surface area contributed by atoms with Gasteiger partial charge in [-0.2, -0.15) is 0 Å². The maximum absolute atomic E-state index is 4.65. The molecule has 0 spiro atoms. The molecule has 2 nitrogen and oxygen atoms in total. The molecule has 0 N–H and O–H groups in total. The Hall–Kier alpha value is -5.34. The van der Waals surface area contributed by atoms with Gasteiger partial charge in [0, 0.05) is 44.6 Å². The molecule has 61 heavy (non-hydrogen) atoms. The van der Waals surface area contributed by atoms with Gasteiger partial charge in [-0.25, -0.2) is 0 Å². The molecule has 1 saturated carbocycles. The molecule has 1 fully saturated rings. The zero-order valence-electron chi connectivity index (χ0n) is 39.0. The molecule has 2 heteroatoms. The molecule has 6 aromatic rings. The molecule has 0 aliphatic heterocycles. The number of aryl methyl sites for hydroxylation is 5. The Labute approximate surface area is 369 Å². The monoisotopic (exact) mass is 807 g/mol. The summed E-state index contributed by atoms with van der Waals surface area (Å²) in [5.41, 5.74) is 18.5. The van der Waals surface area contributed by atoms with Crippen molar-refractivity contribution in [3.05, 3.63) is 166 Å². The molecular formula is C59H70N2. The number of nitrogens with zero attached hydrogens (tertiary/aromatic N) is 2. The number of benzene rings is 6. The van der Waals surface area contributed by atoms with Crippen molar-refractivity contribution in [2.24, 2.45) is 5.92 Å². The average Bonchev–Trinajstić information content (AvgIpc) is 3.26. The lowest BCUT2D eigenvalue weighted by molar-refractivity contribution is 0.339. The molecule has 1 aliphatic carbocycles. The van der Waals surface area contributed by atoms with Crippen LogP contribution in [0.4, 0.5) is 34.1 Å². The molecule has 0 unspecified atom stereocenters. The predicted molar refractivity (Wildman–Crippen MR) is 269 cm³/mol. The first-order chi connectivity index (χ1) is 29.3. The minimum Gasteiger partial charge on any atom is -0.309 e. The van der Waals surface area contributed by atoms with Gasteiger partial charge in [0.1, 0.15) is 0 Å². The van der Waals surface area contributed by atoms with E-state index in [9.17, 15) is 0 Å². The summed E-state index contributed by atoms with van der Waals surface area (Å²) in [6.45, 7) is 27.3.